The van der Waals surface area contributed by atoms with Crippen LogP contribution >= 0.6 is 0 Å². The van der Waals surface area contributed by atoms with E-state index >= 15 is 0 Å². The minimum absolute atomic E-state index is 0.0986. The summed E-state index contributed by atoms with van der Waals surface area (Å²) >= 11 is 0. The molecule has 4 rings (SSSR count). The normalized spacial score (nSPS) is 11.0. The first-order valence-corrected chi connectivity index (χ1v) is 13.4. The Kier molecular flexibility index (Phi) is 9.89. The number of pyridine rings is 1. The smallest absolute Gasteiger partial charge is 0.416 e. The van der Waals surface area contributed by atoms with E-state index in [1.807, 2.05) is 0 Å². The number of esters is 2. The molecule has 0 radical (unpaired) electrons. The number of benzene rings is 3. The number of halogens is 3. The van der Waals surface area contributed by atoms with Crippen molar-refractivity contribution in [2.24, 2.45) is 0 Å². The number of hydrogen-bond donors (Lipinski definition) is 1. The SMILES string of the molecule is COC(=O)c1ccc(OC(=O)CCCc2ccc(NC(=O)c3ccncc3-c3ccc(C(F)(F)F)cc3)c(C(C)=O)c2)cc1. The number of nitrogens with zero attached hydrogens (tertiary/aromatic N) is 1. The second-order valence-electron chi connectivity index (χ2n) is 9.73. The van der Waals surface area contributed by atoms with Gasteiger partial charge in [0.1, 0.15) is 5.75 Å². The molecule has 1 heterocycles. The Labute approximate surface area is 250 Å². The number of aryl methyl sites for hydroxylation is 1. The van der Waals surface area contributed by atoms with Crippen molar-refractivity contribution in [1.82, 2.24) is 4.98 Å². The summed E-state index contributed by atoms with van der Waals surface area (Å²) in [6.07, 6.45) is -0.744. The second-order valence-corrected chi connectivity index (χ2v) is 9.73. The average Bonchev–Trinajstić information content (AvgIpc) is 3.01. The molecule has 0 fully saturated rings. The van der Waals surface area contributed by atoms with Crippen molar-refractivity contribution in [3.8, 4) is 16.9 Å². The fraction of sp³-hybridized carbons (Fsp3) is 0.182. The topological polar surface area (TPSA) is 112 Å². The fourth-order valence-corrected chi connectivity index (χ4v) is 4.39. The van der Waals surface area contributed by atoms with Crippen molar-refractivity contribution in [1.29, 1.82) is 0 Å². The molecule has 8 nitrogen and oxygen atoms in total. The number of hydrogen-bond acceptors (Lipinski definition) is 7. The van der Waals surface area contributed by atoms with Crippen LogP contribution in [-0.4, -0.2) is 35.7 Å². The van der Waals surface area contributed by atoms with Gasteiger partial charge in [0.25, 0.3) is 5.91 Å². The highest BCUT2D eigenvalue weighted by atomic mass is 19.4. The Balaban J connectivity index is 1.40. The van der Waals surface area contributed by atoms with Crippen molar-refractivity contribution in [3.05, 3.63) is 113 Å². The van der Waals surface area contributed by atoms with Crippen LogP contribution in [0.15, 0.2) is 85.2 Å². The maximum atomic E-state index is 13.3. The molecule has 226 valence electrons. The standard InChI is InChI=1S/C33H27F3N2O6/c1-20(39)27-18-21(4-3-5-30(40)44-25-13-9-23(10-14-25)32(42)43-2)6-15-29(27)38-31(41)26-16-17-37-19-28(26)22-7-11-24(12-8-22)33(34,35)36/h6-19H,3-5H2,1-2H3,(H,38,41). The maximum Gasteiger partial charge on any atom is 0.416 e. The summed E-state index contributed by atoms with van der Waals surface area (Å²) in [5.74, 6) is -1.54. The monoisotopic (exact) mass is 604 g/mol. The van der Waals surface area contributed by atoms with E-state index in [1.165, 1.54) is 68.9 Å². The van der Waals surface area contributed by atoms with Crippen LogP contribution in [-0.2, 0) is 22.1 Å². The lowest BCUT2D eigenvalue weighted by molar-refractivity contribution is -0.137. The third-order valence-corrected chi connectivity index (χ3v) is 6.65. The molecule has 1 amide bonds. The highest BCUT2D eigenvalue weighted by Crippen LogP contribution is 2.32. The molecule has 44 heavy (non-hydrogen) atoms. The van der Waals surface area contributed by atoms with E-state index in [9.17, 15) is 32.3 Å². The predicted molar refractivity (Wildman–Crippen MR) is 155 cm³/mol. The van der Waals surface area contributed by atoms with Gasteiger partial charge in [-0.25, -0.2) is 4.79 Å². The van der Waals surface area contributed by atoms with Crippen molar-refractivity contribution < 1.29 is 41.8 Å². The number of anilines is 1. The zero-order chi connectivity index (χ0) is 31.9. The summed E-state index contributed by atoms with van der Waals surface area (Å²) in [7, 11) is 1.27. The number of ketones is 1. The third-order valence-electron chi connectivity index (χ3n) is 6.65. The maximum absolute atomic E-state index is 13.3. The molecule has 11 heteroatoms. The molecule has 1 N–H and O–H groups in total. The lowest BCUT2D eigenvalue weighted by Gasteiger charge is -2.14. The summed E-state index contributed by atoms with van der Waals surface area (Å²) in [5, 5.41) is 2.73. The average molecular weight is 605 g/mol. The summed E-state index contributed by atoms with van der Waals surface area (Å²) in [4.78, 5) is 53.5. The van der Waals surface area contributed by atoms with Crippen molar-refractivity contribution >= 4 is 29.3 Å². The number of carbonyl (C=O) groups excluding carboxylic acids is 4. The number of carbonyl (C=O) groups is 4. The molecule has 0 saturated carbocycles. The van der Waals surface area contributed by atoms with Gasteiger partial charge in [0, 0.05) is 29.9 Å². The van der Waals surface area contributed by atoms with E-state index in [1.54, 1.807) is 18.2 Å². The quantitative estimate of drug-likeness (QED) is 0.119. The van der Waals surface area contributed by atoms with E-state index in [2.05, 4.69) is 15.0 Å². The Morgan fingerprint density at radius 3 is 2.23 bits per heavy atom. The Morgan fingerprint density at radius 2 is 1.59 bits per heavy atom. The highest BCUT2D eigenvalue weighted by molar-refractivity contribution is 6.11. The lowest BCUT2D eigenvalue weighted by atomic mass is 9.99. The lowest BCUT2D eigenvalue weighted by Crippen LogP contribution is -2.16. The fourth-order valence-electron chi connectivity index (χ4n) is 4.39. The summed E-state index contributed by atoms with van der Waals surface area (Å²) in [6.45, 7) is 1.36. The van der Waals surface area contributed by atoms with Gasteiger partial charge in [-0.05, 0) is 85.5 Å². The molecule has 0 aliphatic heterocycles. The molecule has 1 aromatic heterocycles. The first-order valence-electron chi connectivity index (χ1n) is 13.4. The zero-order valence-corrected chi connectivity index (χ0v) is 23.7. The molecule has 0 unspecified atom stereocenters. The molecule has 0 aliphatic carbocycles. The van der Waals surface area contributed by atoms with Crippen molar-refractivity contribution in [2.75, 3.05) is 12.4 Å². The van der Waals surface area contributed by atoms with Gasteiger partial charge < -0.3 is 14.8 Å². The molecule has 3 aromatic carbocycles. The number of rotatable bonds is 10. The van der Waals surface area contributed by atoms with E-state index in [-0.39, 0.29) is 34.8 Å². The van der Waals surface area contributed by atoms with Crippen molar-refractivity contribution in [3.63, 3.8) is 0 Å². The Hall–Kier alpha value is -5.32. The van der Waals surface area contributed by atoms with Crippen LogP contribution < -0.4 is 10.1 Å². The molecule has 0 spiro atoms. The first kappa shape index (κ1) is 31.6. The Bertz CT molecular complexity index is 1680. The van der Waals surface area contributed by atoms with Gasteiger partial charge >= 0.3 is 18.1 Å². The summed E-state index contributed by atoms with van der Waals surface area (Å²) < 4.78 is 48.9. The van der Waals surface area contributed by atoms with E-state index < -0.39 is 29.6 Å². The summed E-state index contributed by atoms with van der Waals surface area (Å²) in [6, 6.07) is 16.8. The van der Waals surface area contributed by atoms with E-state index in [0.29, 0.717) is 29.5 Å². The molecule has 0 atom stereocenters. The third kappa shape index (κ3) is 7.94. The minimum Gasteiger partial charge on any atom is -0.465 e. The number of aromatic nitrogens is 1. The van der Waals surface area contributed by atoms with E-state index in [0.717, 1.165) is 17.7 Å². The number of alkyl halides is 3. The van der Waals surface area contributed by atoms with Crippen LogP contribution in [0.2, 0.25) is 0 Å². The molecule has 0 aliphatic rings. The number of methoxy groups -OCH3 is 1. The van der Waals surface area contributed by atoms with Gasteiger partial charge in [-0.15, -0.1) is 0 Å². The largest absolute Gasteiger partial charge is 0.465 e. The highest BCUT2D eigenvalue weighted by Gasteiger charge is 2.30. The van der Waals surface area contributed by atoms with Gasteiger partial charge in [-0.3, -0.25) is 19.4 Å². The molecular weight excluding hydrogens is 577 g/mol. The number of amides is 1. The van der Waals surface area contributed by atoms with Crippen LogP contribution in [0.1, 0.15) is 62.0 Å². The first-order chi connectivity index (χ1) is 21.0. The van der Waals surface area contributed by atoms with Gasteiger partial charge in [-0.1, -0.05) is 18.2 Å². The van der Waals surface area contributed by atoms with Gasteiger partial charge in [-0.2, -0.15) is 13.2 Å². The molecule has 0 saturated heterocycles. The summed E-state index contributed by atoms with van der Waals surface area (Å²) in [5.41, 5.74) is 1.65. The zero-order valence-electron chi connectivity index (χ0n) is 23.7. The van der Waals surface area contributed by atoms with Crippen molar-refractivity contribution in [2.45, 2.75) is 32.4 Å². The molecular formula is C33H27F3N2O6. The number of nitrogens with one attached hydrogen (secondary N) is 1. The van der Waals surface area contributed by atoms with Crippen LogP contribution in [0.5, 0.6) is 5.75 Å². The predicted octanol–water partition coefficient (Wildman–Crippen LogP) is 6.94. The number of ether oxygens (including phenoxy) is 2. The van der Waals surface area contributed by atoms with Crippen LogP contribution in [0.25, 0.3) is 11.1 Å². The van der Waals surface area contributed by atoms with Crippen LogP contribution in [0, 0.1) is 0 Å². The van der Waals surface area contributed by atoms with Crippen LogP contribution in [0.4, 0.5) is 18.9 Å². The van der Waals surface area contributed by atoms with Gasteiger partial charge in [0.15, 0.2) is 5.78 Å². The van der Waals surface area contributed by atoms with Crippen LogP contribution in [0.3, 0.4) is 0 Å². The molecule has 0 bridgehead atoms. The Morgan fingerprint density at radius 1 is 0.886 bits per heavy atom. The minimum atomic E-state index is -4.49. The molecule has 4 aromatic rings. The van der Waals surface area contributed by atoms with Gasteiger partial charge in [0.2, 0.25) is 0 Å². The van der Waals surface area contributed by atoms with Gasteiger partial charge in [0.05, 0.1) is 29.5 Å². The number of Topliss-reactive ketones (excluding diaryl/α,β-unsaturated/α-hetero) is 1. The second kappa shape index (κ2) is 13.8. The van der Waals surface area contributed by atoms with E-state index in [4.69, 9.17) is 4.74 Å².